The molecule has 3 aromatic rings. The maximum absolute atomic E-state index is 14.9. The molecule has 2 aromatic carbocycles. The first-order chi connectivity index (χ1) is 18.5. The van der Waals surface area contributed by atoms with Gasteiger partial charge in [-0.05, 0) is 48.2 Å². The van der Waals surface area contributed by atoms with Crippen LogP contribution in [0.25, 0.3) is 0 Å². The third-order valence-electron chi connectivity index (χ3n) is 6.83. The van der Waals surface area contributed by atoms with Gasteiger partial charge >= 0.3 is 0 Å². The zero-order valence-corrected chi connectivity index (χ0v) is 22.1. The molecule has 12 heteroatoms. The molecule has 0 unspecified atom stereocenters. The molecular weight excluding hydrogens is 531 g/mol. The summed E-state index contributed by atoms with van der Waals surface area (Å²) in [6, 6.07) is 9.36. The van der Waals surface area contributed by atoms with Gasteiger partial charge in [0.2, 0.25) is 15.9 Å². The zero-order valence-electron chi connectivity index (χ0n) is 21.3. The lowest BCUT2D eigenvalue weighted by Crippen LogP contribution is -2.53. The molecule has 1 amide bonds. The number of nitrogens with one attached hydrogen (secondary N) is 2. The second-order valence-corrected chi connectivity index (χ2v) is 11.4. The van der Waals surface area contributed by atoms with Crippen LogP contribution < -0.4 is 16.4 Å². The van der Waals surface area contributed by atoms with E-state index in [0.29, 0.717) is 37.2 Å². The highest BCUT2D eigenvalue weighted by Crippen LogP contribution is 2.29. The van der Waals surface area contributed by atoms with Crippen LogP contribution >= 0.6 is 0 Å². The van der Waals surface area contributed by atoms with Crippen LogP contribution in [0.4, 0.5) is 18.9 Å². The Balaban J connectivity index is 1.57. The smallest absolute Gasteiger partial charge is 0.242 e. The summed E-state index contributed by atoms with van der Waals surface area (Å²) in [4.78, 5) is 17.2. The van der Waals surface area contributed by atoms with E-state index in [0.717, 1.165) is 12.5 Å². The molecule has 8 nitrogen and oxygen atoms in total. The minimum Gasteiger partial charge on any atom is -0.323 e. The Morgan fingerprint density at radius 1 is 1.08 bits per heavy atom. The van der Waals surface area contributed by atoms with Crippen molar-refractivity contribution in [3.63, 3.8) is 0 Å². The van der Waals surface area contributed by atoms with Crippen LogP contribution in [0.15, 0.2) is 60.9 Å². The number of anilines is 1. The number of benzene rings is 2. The van der Waals surface area contributed by atoms with Crippen LogP contribution in [0.3, 0.4) is 0 Å². The monoisotopic (exact) mass is 561 g/mol. The number of hydrogen-bond acceptors (Lipinski definition) is 6. The van der Waals surface area contributed by atoms with Crippen molar-refractivity contribution in [1.29, 1.82) is 0 Å². The fourth-order valence-corrected chi connectivity index (χ4v) is 6.02. The molecule has 0 saturated carbocycles. The van der Waals surface area contributed by atoms with Gasteiger partial charge in [0.05, 0.1) is 30.4 Å². The maximum atomic E-state index is 14.9. The summed E-state index contributed by atoms with van der Waals surface area (Å²) in [7, 11) is -3.44. The topological polar surface area (TPSA) is 117 Å². The van der Waals surface area contributed by atoms with E-state index in [2.05, 4.69) is 15.6 Å². The van der Waals surface area contributed by atoms with Crippen LogP contribution in [0.1, 0.15) is 29.0 Å². The van der Waals surface area contributed by atoms with E-state index in [4.69, 9.17) is 5.73 Å². The van der Waals surface area contributed by atoms with E-state index in [1.807, 2.05) is 0 Å². The van der Waals surface area contributed by atoms with E-state index < -0.39 is 45.3 Å². The van der Waals surface area contributed by atoms with E-state index >= 15 is 0 Å². The normalized spacial score (nSPS) is 17.2. The molecule has 0 spiro atoms. The predicted octanol–water partition coefficient (Wildman–Crippen LogP) is 2.76. The highest BCUT2D eigenvalue weighted by Gasteiger charge is 2.31. The summed E-state index contributed by atoms with van der Waals surface area (Å²) >= 11 is 0. The van der Waals surface area contributed by atoms with Crippen molar-refractivity contribution in [2.75, 3.05) is 31.2 Å². The summed E-state index contributed by atoms with van der Waals surface area (Å²) in [6.07, 6.45) is 3.92. The van der Waals surface area contributed by atoms with E-state index in [1.165, 1.54) is 59.0 Å². The number of aromatic nitrogens is 1. The highest BCUT2D eigenvalue weighted by atomic mass is 32.2. The van der Waals surface area contributed by atoms with Crippen LogP contribution in [0.5, 0.6) is 0 Å². The summed E-state index contributed by atoms with van der Waals surface area (Å²) in [5.74, 6) is -2.99. The summed E-state index contributed by atoms with van der Waals surface area (Å²) in [6.45, 7) is 1.26. The van der Waals surface area contributed by atoms with E-state index in [9.17, 15) is 26.4 Å². The van der Waals surface area contributed by atoms with Crippen molar-refractivity contribution < 1.29 is 26.4 Å². The van der Waals surface area contributed by atoms with Crippen molar-refractivity contribution >= 4 is 21.6 Å². The average molecular weight is 562 g/mol. The van der Waals surface area contributed by atoms with Gasteiger partial charge in [0.25, 0.3) is 0 Å². The van der Waals surface area contributed by atoms with Crippen LogP contribution in [-0.4, -0.2) is 61.6 Å². The van der Waals surface area contributed by atoms with Gasteiger partial charge in [0.1, 0.15) is 17.5 Å². The third-order valence-corrected chi connectivity index (χ3v) is 8.17. The number of hydrogen-bond donors (Lipinski definition) is 3. The molecule has 1 aliphatic heterocycles. The summed E-state index contributed by atoms with van der Waals surface area (Å²) in [5.41, 5.74) is 7.76. The number of piperazine rings is 1. The number of nitrogens with zero attached hydrogens (tertiary/aromatic N) is 2. The fourth-order valence-electron chi connectivity index (χ4n) is 4.87. The Bertz CT molecular complexity index is 1360. The number of carbonyl (C=O) groups is 1. The maximum Gasteiger partial charge on any atom is 0.242 e. The van der Waals surface area contributed by atoms with Gasteiger partial charge in [-0.15, -0.1) is 0 Å². The fraction of sp³-hybridized carbons (Fsp3) is 0.333. The van der Waals surface area contributed by atoms with Crippen molar-refractivity contribution in [2.24, 2.45) is 5.73 Å². The van der Waals surface area contributed by atoms with Gasteiger partial charge in [-0.2, -0.15) is 4.31 Å². The van der Waals surface area contributed by atoms with Gasteiger partial charge in [0.15, 0.2) is 0 Å². The Hall–Kier alpha value is -3.32. The second-order valence-electron chi connectivity index (χ2n) is 9.51. The quantitative estimate of drug-likeness (QED) is 0.370. The second kappa shape index (κ2) is 12.2. The first kappa shape index (κ1) is 28.7. The lowest BCUT2D eigenvalue weighted by Gasteiger charge is -2.34. The number of amides is 1. The lowest BCUT2D eigenvalue weighted by atomic mass is 9.85. The molecule has 0 bridgehead atoms. The third kappa shape index (κ3) is 7.01. The lowest BCUT2D eigenvalue weighted by molar-refractivity contribution is -0.117. The molecule has 4 N–H and O–H groups in total. The van der Waals surface area contributed by atoms with Crippen molar-refractivity contribution in [3.8, 4) is 0 Å². The van der Waals surface area contributed by atoms with Crippen molar-refractivity contribution in [1.82, 2.24) is 14.6 Å². The number of rotatable bonds is 9. The average Bonchev–Trinajstić information content (AvgIpc) is 2.90. The summed E-state index contributed by atoms with van der Waals surface area (Å²) < 4.78 is 67.9. The number of halogens is 3. The molecule has 2 heterocycles. The molecule has 4 rings (SSSR count). The van der Waals surface area contributed by atoms with Crippen molar-refractivity contribution in [2.45, 2.75) is 30.8 Å². The number of pyridine rings is 1. The molecular formula is C27H30F3N5O3S. The highest BCUT2D eigenvalue weighted by molar-refractivity contribution is 7.88. The standard InChI is InChI=1S/C27H30F3N5O3S/c1-39(37,38)35-13-12-32-14-21(35)10-11-22-23(30)15-33-16-24(22)34-27(36)26(31)25(17-2-6-19(28)7-3-17)18-4-8-20(29)9-5-18/h2-9,15-16,21,25-26,32H,10-14,31H2,1H3,(H,34,36)/t21-,26-/m0/s1. The summed E-state index contributed by atoms with van der Waals surface area (Å²) in [5, 5.41) is 5.82. The largest absolute Gasteiger partial charge is 0.323 e. The number of sulfonamides is 1. The molecule has 1 aromatic heterocycles. The Morgan fingerprint density at radius 2 is 1.67 bits per heavy atom. The number of carbonyl (C=O) groups excluding carboxylic acids is 1. The molecule has 208 valence electrons. The molecule has 0 radical (unpaired) electrons. The number of nitrogens with two attached hydrogens (primary N) is 1. The molecule has 1 aliphatic rings. The van der Waals surface area contributed by atoms with Gasteiger partial charge in [0, 0.05) is 37.2 Å². The molecule has 1 fully saturated rings. The van der Waals surface area contributed by atoms with Crippen LogP contribution in [0, 0.1) is 17.5 Å². The van der Waals surface area contributed by atoms with Crippen LogP contribution in [0.2, 0.25) is 0 Å². The Kier molecular flexibility index (Phi) is 9.01. The Morgan fingerprint density at radius 3 is 2.23 bits per heavy atom. The first-order valence-electron chi connectivity index (χ1n) is 12.4. The van der Waals surface area contributed by atoms with Crippen molar-refractivity contribution in [3.05, 3.63) is 95.1 Å². The molecule has 39 heavy (non-hydrogen) atoms. The molecule has 1 saturated heterocycles. The first-order valence-corrected chi connectivity index (χ1v) is 14.3. The predicted molar refractivity (Wildman–Crippen MR) is 142 cm³/mol. The molecule has 0 aliphatic carbocycles. The van der Waals surface area contributed by atoms with Gasteiger partial charge < -0.3 is 16.4 Å². The SMILES string of the molecule is CS(=O)(=O)N1CCNC[C@@H]1CCc1c(F)cncc1NC(=O)[C@@H](N)C(c1ccc(F)cc1)c1ccc(F)cc1. The minimum atomic E-state index is -3.44. The van der Waals surface area contributed by atoms with Gasteiger partial charge in [-0.1, -0.05) is 24.3 Å². The Labute approximate surface area is 225 Å². The minimum absolute atomic E-state index is 0.113. The van der Waals surface area contributed by atoms with Gasteiger partial charge in [-0.3, -0.25) is 9.78 Å². The van der Waals surface area contributed by atoms with E-state index in [-0.39, 0.29) is 23.7 Å². The molecule has 2 atom stereocenters. The van der Waals surface area contributed by atoms with E-state index in [1.54, 1.807) is 0 Å². The zero-order chi connectivity index (χ0) is 28.2. The van der Waals surface area contributed by atoms with Crippen LogP contribution in [-0.2, 0) is 21.2 Å². The van der Waals surface area contributed by atoms with Gasteiger partial charge in [-0.25, -0.2) is 21.6 Å².